The lowest BCUT2D eigenvalue weighted by Crippen LogP contribution is -2.25. The van der Waals surface area contributed by atoms with E-state index in [2.05, 4.69) is 27.7 Å². The average Bonchev–Trinajstić information content (AvgIpc) is 2.76. The third-order valence-electron chi connectivity index (χ3n) is 3.26. The average molecular weight is 232 g/mol. The Kier molecular flexibility index (Phi) is 4.50. The molecule has 1 fully saturated rings. The van der Waals surface area contributed by atoms with Crippen LogP contribution in [0.15, 0.2) is 40.7 Å². The van der Waals surface area contributed by atoms with E-state index in [1.54, 1.807) is 0 Å². The van der Waals surface area contributed by atoms with E-state index in [-0.39, 0.29) is 0 Å². The molecule has 2 rings (SSSR count). The number of para-hydroxylation sites is 1. The summed E-state index contributed by atoms with van der Waals surface area (Å²) in [6, 6.07) is 10.6. The van der Waals surface area contributed by atoms with Gasteiger partial charge in [-0.1, -0.05) is 23.4 Å². The number of hydrogen-bond donors (Lipinski definition) is 1. The first-order valence-corrected chi connectivity index (χ1v) is 6.24. The molecule has 4 heteroatoms. The third kappa shape index (κ3) is 3.82. The Bertz CT molecular complexity index is 350. The lowest BCUT2D eigenvalue weighted by Gasteiger charge is -2.17. The standard InChI is InChI=1S/C13H20N4/c1-17-11-5-8-13(17)9-10-14-16-15-12-6-3-2-4-7-12/h2-4,6-7,13H,5,8-11H2,1H3,(H,14,15)/t13-/m0/s1. The molecule has 0 radical (unpaired) electrons. The molecule has 1 saturated heterocycles. The lowest BCUT2D eigenvalue weighted by molar-refractivity contribution is 0.298. The summed E-state index contributed by atoms with van der Waals surface area (Å²) < 4.78 is 0. The predicted molar refractivity (Wildman–Crippen MR) is 70.1 cm³/mol. The number of anilines is 1. The van der Waals surface area contributed by atoms with Gasteiger partial charge in [-0.15, -0.1) is 0 Å². The molecule has 92 valence electrons. The van der Waals surface area contributed by atoms with Gasteiger partial charge >= 0.3 is 0 Å². The molecule has 1 atom stereocenters. The Balaban J connectivity index is 1.65. The van der Waals surface area contributed by atoms with Gasteiger partial charge in [0.1, 0.15) is 0 Å². The highest BCUT2D eigenvalue weighted by Gasteiger charge is 2.19. The second kappa shape index (κ2) is 6.35. The van der Waals surface area contributed by atoms with Crippen LogP contribution in [0.1, 0.15) is 19.3 Å². The van der Waals surface area contributed by atoms with Crippen molar-refractivity contribution in [1.82, 2.24) is 4.90 Å². The van der Waals surface area contributed by atoms with Crippen LogP contribution >= 0.6 is 0 Å². The quantitative estimate of drug-likeness (QED) is 0.626. The minimum Gasteiger partial charge on any atom is -0.303 e. The SMILES string of the molecule is CN1CCC[C@H]1CCN=NNc1ccccc1. The van der Waals surface area contributed by atoms with Crippen LogP contribution < -0.4 is 5.43 Å². The number of likely N-dealkylation sites (tertiary alicyclic amines) is 1. The van der Waals surface area contributed by atoms with Gasteiger partial charge in [-0.3, -0.25) is 5.43 Å². The Hall–Kier alpha value is -1.42. The van der Waals surface area contributed by atoms with Gasteiger partial charge in [0.05, 0.1) is 12.2 Å². The number of nitrogens with zero attached hydrogens (tertiary/aromatic N) is 3. The van der Waals surface area contributed by atoms with Crippen LogP contribution in [-0.4, -0.2) is 31.1 Å². The van der Waals surface area contributed by atoms with E-state index in [4.69, 9.17) is 0 Å². The van der Waals surface area contributed by atoms with E-state index in [0.29, 0.717) is 6.04 Å². The molecule has 0 saturated carbocycles. The summed E-state index contributed by atoms with van der Waals surface area (Å²) in [5.41, 5.74) is 3.91. The smallest absolute Gasteiger partial charge is 0.0635 e. The van der Waals surface area contributed by atoms with Crippen LogP contribution in [0.3, 0.4) is 0 Å². The maximum Gasteiger partial charge on any atom is 0.0635 e. The summed E-state index contributed by atoms with van der Waals surface area (Å²) in [6.07, 6.45) is 3.73. The molecule has 4 nitrogen and oxygen atoms in total. The molecule has 1 aromatic carbocycles. The highest BCUT2D eigenvalue weighted by atomic mass is 15.4. The van der Waals surface area contributed by atoms with Crippen molar-refractivity contribution < 1.29 is 0 Å². The third-order valence-corrected chi connectivity index (χ3v) is 3.26. The van der Waals surface area contributed by atoms with E-state index in [0.717, 1.165) is 18.7 Å². The maximum atomic E-state index is 4.15. The minimum absolute atomic E-state index is 0.700. The van der Waals surface area contributed by atoms with Crippen LogP contribution in [0.2, 0.25) is 0 Å². The second-order valence-corrected chi connectivity index (χ2v) is 4.51. The minimum atomic E-state index is 0.700. The normalized spacial score (nSPS) is 21.1. The highest BCUT2D eigenvalue weighted by Crippen LogP contribution is 2.17. The molecule has 0 bridgehead atoms. The van der Waals surface area contributed by atoms with Crippen molar-refractivity contribution >= 4 is 5.69 Å². The molecular formula is C13H20N4. The number of hydrogen-bond acceptors (Lipinski definition) is 3. The van der Waals surface area contributed by atoms with Gasteiger partial charge in [-0.05, 0) is 45.0 Å². The molecule has 0 spiro atoms. The summed E-state index contributed by atoms with van der Waals surface area (Å²) in [6.45, 7) is 2.03. The molecule has 1 heterocycles. The first-order valence-electron chi connectivity index (χ1n) is 6.24. The Morgan fingerprint density at radius 3 is 2.88 bits per heavy atom. The lowest BCUT2D eigenvalue weighted by atomic mass is 10.1. The van der Waals surface area contributed by atoms with Crippen molar-refractivity contribution in [2.45, 2.75) is 25.3 Å². The van der Waals surface area contributed by atoms with E-state index in [1.807, 2.05) is 30.3 Å². The summed E-state index contributed by atoms with van der Waals surface area (Å²) in [5.74, 6) is 0. The molecular weight excluding hydrogens is 212 g/mol. The molecule has 0 aromatic heterocycles. The first-order chi connectivity index (χ1) is 8.36. The van der Waals surface area contributed by atoms with Gasteiger partial charge in [0, 0.05) is 6.04 Å². The van der Waals surface area contributed by atoms with Gasteiger partial charge in [0.15, 0.2) is 0 Å². The molecule has 0 unspecified atom stereocenters. The van der Waals surface area contributed by atoms with Crippen molar-refractivity contribution in [1.29, 1.82) is 0 Å². The van der Waals surface area contributed by atoms with E-state index in [1.165, 1.54) is 19.4 Å². The zero-order chi connectivity index (χ0) is 11.9. The van der Waals surface area contributed by atoms with Crippen LogP contribution in [0.4, 0.5) is 5.69 Å². The fraction of sp³-hybridized carbons (Fsp3) is 0.538. The van der Waals surface area contributed by atoms with Crippen molar-refractivity contribution in [2.24, 2.45) is 10.3 Å². The van der Waals surface area contributed by atoms with Crippen molar-refractivity contribution in [3.63, 3.8) is 0 Å². The predicted octanol–water partition coefficient (Wildman–Crippen LogP) is 2.95. The molecule has 1 N–H and O–H groups in total. The molecule has 1 aliphatic rings. The highest BCUT2D eigenvalue weighted by molar-refractivity contribution is 5.41. The maximum absolute atomic E-state index is 4.15. The van der Waals surface area contributed by atoms with Gasteiger partial charge in [0.2, 0.25) is 0 Å². The monoisotopic (exact) mass is 232 g/mol. The Morgan fingerprint density at radius 2 is 2.18 bits per heavy atom. The molecule has 0 aliphatic carbocycles. The summed E-state index contributed by atoms with van der Waals surface area (Å²) in [5, 5.41) is 8.14. The first kappa shape index (κ1) is 12.0. The molecule has 0 amide bonds. The summed E-state index contributed by atoms with van der Waals surface area (Å²) >= 11 is 0. The summed E-state index contributed by atoms with van der Waals surface area (Å²) in [7, 11) is 2.19. The van der Waals surface area contributed by atoms with Crippen LogP contribution in [0.5, 0.6) is 0 Å². The zero-order valence-corrected chi connectivity index (χ0v) is 10.3. The van der Waals surface area contributed by atoms with Crippen molar-refractivity contribution in [3.05, 3.63) is 30.3 Å². The topological polar surface area (TPSA) is 40.0 Å². The van der Waals surface area contributed by atoms with Crippen LogP contribution in [0, 0.1) is 0 Å². The number of nitrogens with one attached hydrogen (secondary N) is 1. The van der Waals surface area contributed by atoms with Crippen molar-refractivity contribution in [3.8, 4) is 0 Å². The summed E-state index contributed by atoms with van der Waals surface area (Å²) in [4.78, 5) is 2.42. The van der Waals surface area contributed by atoms with Gasteiger partial charge in [0.25, 0.3) is 0 Å². The van der Waals surface area contributed by atoms with E-state index < -0.39 is 0 Å². The molecule has 1 aromatic rings. The van der Waals surface area contributed by atoms with Crippen molar-refractivity contribution in [2.75, 3.05) is 25.6 Å². The Labute approximate surface area is 103 Å². The second-order valence-electron chi connectivity index (χ2n) is 4.51. The van der Waals surface area contributed by atoms with Gasteiger partial charge in [-0.25, -0.2) is 0 Å². The number of rotatable bonds is 5. The zero-order valence-electron chi connectivity index (χ0n) is 10.3. The Morgan fingerprint density at radius 1 is 1.35 bits per heavy atom. The fourth-order valence-electron chi connectivity index (χ4n) is 2.21. The largest absolute Gasteiger partial charge is 0.303 e. The van der Waals surface area contributed by atoms with E-state index in [9.17, 15) is 0 Å². The van der Waals surface area contributed by atoms with Gasteiger partial charge < -0.3 is 4.90 Å². The molecule has 1 aliphatic heterocycles. The fourth-order valence-corrected chi connectivity index (χ4v) is 2.21. The number of benzene rings is 1. The van der Waals surface area contributed by atoms with Crippen LogP contribution in [-0.2, 0) is 0 Å². The van der Waals surface area contributed by atoms with Gasteiger partial charge in [-0.2, -0.15) is 5.11 Å². The van der Waals surface area contributed by atoms with E-state index >= 15 is 0 Å². The molecule has 17 heavy (non-hydrogen) atoms. The van der Waals surface area contributed by atoms with Crippen LogP contribution in [0.25, 0.3) is 0 Å².